The van der Waals surface area contributed by atoms with Crippen molar-refractivity contribution >= 4 is 5.78 Å². The van der Waals surface area contributed by atoms with Gasteiger partial charge in [-0.05, 0) is 31.3 Å². The standard InChI is InChI=1S/C11H16FNO/c12-13-9-4-2-1-3-6-10-7-5-8-11(10)14/h1,3,7,13H,2,4-6,8-9H2/b3-1-. The predicted molar refractivity (Wildman–Crippen MR) is 54.4 cm³/mol. The van der Waals surface area contributed by atoms with E-state index in [0.717, 1.165) is 31.3 Å². The first-order valence-electron chi connectivity index (χ1n) is 5.05. The smallest absolute Gasteiger partial charge is 0.159 e. The second-order valence-electron chi connectivity index (χ2n) is 3.39. The van der Waals surface area contributed by atoms with E-state index in [1.807, 2.05) is 18.2 Å². The van der Waals surface area contributed by atoms with Crippen molar-refractivity contribution in [2.45, 2.75) is 32.1 Å². The van der Waals surface area contributed by atoms with Crippen LogP contribution in [0, 0.1) is 0 Å². The van der Waals surface area contributed by atoms with Gasteiger partial charge in [0.15, 0.2) is 5.78 Å². The third-order valence-electron chi connectivity index (χ3n) is 2.27. The quantitative estimate of drug-likeness (QED) is 0.402. The molecule has 0 saturated carbocycles. The first-order chi connectivity index (χ1) is 6.84. The van der Waals surface area contributed by atoms with Gasteiger partial charge in [-0.25, -0.2) is 0 Å². The van der Waals surface area contributed by atoms with E-state index < -0.39 is 0 Å². The summed E-state index contributed by atoms with van der Waals surface area (Å²) in [7, 11) is 0. The molecule has 0 spiro atoms. The lowest BCUT2D eigenvalue weighted by Crippen LogP contribution is -2.00. The van der Waals surface area contributed by atoms with Crippen molar-refractivity contribution in [3.63, 3.8) is 0 Å². The van der Waals surface area contributed by atoms with E-state index in [4.69, 9.17) is 0 Å². The summed E-state index contributed by atoms with van der Waals surface area (Å²) in [5.41, 5.74) is 2.54. The fourth-order valence-corrected chi connectivity index (χ4v) is 1.46. The Morgan fingerprint density at radius 3 is 3.00 bits per heavy atom. The number of carbonyl (C=O) groups excluding carboxylic acids is 1. The largest absolute Gasteiger partial charge is 0.295 e. The lowest BCUT2D eigenvalue weighted by atomic mass is 10.1. The Balaban J connectivity index is 2.10. The van der Waals surface area contributed by atoms with Crippen LogP contribution in [0.1, 0.15) is 32.1 Å². The summed E-state index contributed by atoms with van der Waals surface area (Å²) in [6.07, 6.45) is 9.97. The highest BCUT2D eigenvalue weighted by molar-refractivity contribution is 5.97. The summed E-state index contributed by atoms with van der Waals surface area (Å²) >= 11 is 0. The Bertz CT molecular complexity index is 246. The molecule has 0 fully saturated rings. The van der Waals surface area contributed by atoms with Crippen LogP contribution >= 0.6 is 0 Å². The number of nitrogens with one attached hydrogen (secondary N) is 1. The minimum atomic E-state index is 0.278. The molecule has 0 aromatic carbocycles. The first kappa shape index (κ1) is 11.1. The van der Waals surface area contributed by atoms with Crippen LogP contribution in [0.2, 0.25) is 0 Å². The van der Waals surface area contributed by atoms with Crippen LogP contribution in [0.4, 0.5) is 4.48 Å². The molecule has 0 unspecified atom stereocenters. The molecule has 0 heterocycles. The summed E-state index contributed by atoms with van der Waals surface area (Å²) in [5.74, 6) is 0.278. The van der Waals surface area contributed by atoms with Crippen LogP contribution in [-0.4, -0.2) is 12.3 Å². The monoisotopic (exact) mass is 197 g/mol. The summed E-state index contributed by atoms with van der Waals surface area (Å²) in [6.45, 7) is 0.395. The van der Waals surface area contributed by atoms with Crippen LogP contribution in [0.3, 0.4) is 0 Å². The molecule has 2 nitrogen and oxygen atoms in total. The van der Waals surface area contributed by atoms with E-state index in [1.54, 1.807) is 5.54 Å². The van der Waals surface area contributed by atoms with Crippen molar-refractivity contribution in [3.8, 4) is 0 Å². The minimum absolute atomic E-state index is 0.278. The van der Waals surface area contributed by atoms with E-state index in [9.17, 15) is 9.28 Å². The maximum Gasteiger partial charge on any atom is 0.159 e. The van der Waals surface area contributed by atoms with Crippen molar-refractivity contribution in [1.29, 1.82) is 0 Å². The number of rotatable bonds is 6. The molecule has 1 N–H and O–H groups in total. The fourth-order valence-electron chi connectivity index (χ4n) is 1.46. The van der Waals surface area contributed by atoms with Crippen molar-refractivity contribution in [1.82, 2.24) is 5.54 Å². The maximum absolute atomic E-state index is 11.5. The van der Waals surface area contributed by atoms with Gasteiger partial charge in [0, 0.05) is 13.0 Å². The van der Waals surface area contributed by atoms with E-state index in [2.05, 4.69) is 0 Å². The predicted octanol–water partition coefficient (Wildman–Crippen LogP) is 2.48. The average Bonchev–Trinajstić information content (AvgIpc) is 2.58. The Labute approximate surface area is 83.8 Å². The van der Waals surface area contributed by atoms with Gasteiger partial charge in [0.2, 0.25) is 0 Å². The topological polar surface area (TPSA) is 29.1 Å². The van der Waals surface area contributed by atoms with E-state index in [0.29, 0.717) is 13.0 Å². The van der Waals surface area contributed by atoms with E-state index >= 15 is 0 Å². The second kappa shape index (κ2) is 6.49. The third-order valence-corrected chi connectivity index (χ3v) is 2.27. The molecule has 1 rings (SSSR count). The average molecular weight is 197 g/mol. The molecule has 78 valence electrons. The molecule has 0 saturated heterocycles. The molecule has 0 amide bonds. The van der Waals surface area contributed by atoms with Gasteiger partial charge in [0.1, 0.15) is 0 Å². The highest BCUT2D eigenvalue weighted by Gasteiger charge is 2.12. The van der Waals surface area contributed by atoms with Crippen molar-refractivity contribution in [2.75, 3.05) is 6.54 Å². The summed E-state index contributed by atoms with van der Waals surface area (Å²) in [5, 5.41) is 0. The maximum atomic E-state index is 11.5. The van der Waals surface area contributed by atoms with Crippen molar-refractivity contribution in [3.05, 3.63) is 23.8 Å². The number of hydrogen-bond donors (Lipinski definition) is 1. The zero-order valence-electron chi connectivity index (χ0n) is 8.26. The van der Waals surface area contributed by atoms with Gasteiger partial charge in [-0.15, -0.1) is 4.48 Å². The van der Waals surface area contributed by atoms with Gasteiger partial charge in [0.25, 0.3) is 0 Å². The summed E-state index contributed by atoms with van der Waals surface area (Å²) in [6, 6.07) is 0. The van der Waals surface area contributed by atoms with Crippen molar-refractivity contribution < 1.29 is 9.28 Å². The van der Waals surface area contributed by atoms with Gasteiger partial charge >= 0.3 is 0 Å². The molecular formula is C11H16FNO. The lowest BCUT2D eigenvalue weighted by Gasteiger charge is -1.94. The highest BCUT2D eigenvalue weighted by Crippen LogP contribution is 2.17. The normalized spacial score (nSPS) is 16.6. The summed E-state index contributed by atoms with van der Waals surface area (Å²) < 4.78 is 11.5. The number of hydrogen-bond acceptors (Lipinski definition) is 2. The Kier molecular flexibility index (Phi) is 5.15. The molecule has 0 aliphatic heterocycles. The Morgan fingerprint density at radius 2 is 2.36 bits per heavy atom. The first-order valence-corrected chi connectivity index (χ1v) is 5.05. The van der Waals surface area contributed by atoms with Crippen LogP contribution in [0.5, 0.6) is 0 Å². The van der Waals surface area contributed by atoms with Crippen molar-refractivity contribution in [2.24, 2.45) is 0 Å². The van der Waals surface area contributed by atoms with E-state index in [1.165, 1.54) is 0 Å². The number of halogens is 1. The molecule has 3 heteroatoms. The highest BCUT2D eigenvalue weighted by atomic mass is 19.2. The molecule has 1 aliphatic rings. The Morgan fingerprint density at radius 1 is 1.50 bits per heavy atom. The molecule has 0 aromatic rings. The molecule has 0 aromatic heterocycles. The summed E-state index contributed by atoms with van der Waals surface area (Å²) in [4.78, 5) is 11.2. The van der Waals surface area contributed by atoms with Crippen LogP contribution < -0.4 is 5.54 Å². The van der Waals surface area contributed by atoms with Gasteiger partial charge in [-0.1, -0.05) is 18.2 Å². The van der Waals surface area contributed by atoms with Crippen LogP contribution in [0.15, 0.2) is 23.8 Å². The zero-order chi connectivity index (χ0) is 10.2. The molecule has 0 radical (unpaired) electrons. The molecule has 14 heavy (non-hydrogen) atoms. The number of allylic oxidation sites excluding steroid dienone is 4. The molecule has 0 bridgehead atoms. The molecular weight excluding hydrogens is 181 g/mol. The Hall–Kier alpha value is -0.960. The van der Waals surface area contributed by atoms with Gasteiger partial charge in [-0.3, -0.25) is 4.79 Å². The number of Topliss-reactive ketones (excluding diaryl/α,β-unsaturated/α-hetero) is 1. The third kappa shape index (κ3) is 3.83. The molecule has 1 aliphatic carbocycles. The van der Waals surface area contributed by atoms with Crippen LogP contribution in [0.25, 0.3) is 0 Å². The van der Waals surface area contributed by atoms with Gasteiger partial charge in [-0.2, -0.15) is 5.54 Å². The van der Waals surface area contributed by atoms with Crippen LogP contribution in [-0.2, 0) is 4.79 Å². The lowest BCUT2D eigenvalue weighted by molar-refractivity contribution is -0.114. The second-order valence-corrected chi connectivity index (χ2v) is 3.39. The fraction of sp³-hybridized carbons (Fsp3) is 0.545. The van der Waals surface area contributed by atoms with Gasteiger partial charge in [0.05, 0.1) is 0 Å². The SMILES string of the molecule is O=C1CCC=C1C/C=C\CCCNF. The minimum Gasteiger partial charge on any atom is -0.295 e. The molecule has 0 atom stereocenters. The number of carbonyl (C=O) groups is 1. The zero-order valence-corrected chi connectivity index (χ0v) is 8.26. The number of unbranched alkanes of at least 4 members (excludes halogenated alkanes) is 1. The van der Waals surface area contributed by atoms with Gasteiger partial charge < -0.3 is 0 Å². The number of ketones is 1. The van der Waals surface area contributed by atoms with E-state index in [-0.39, 0.29) is 5.78 Å².